The molecule has 3 nitrogen and oxygen atoms in total. The van der Waals surface area contributed by atoms with Gasteiger partial charge in [0.1, 0.15) is 5.82 Å². The highest BCUT2D eigenvalue weighted by Crippen LogP contribution is 2.06. The van der Waals surface area contributed by atoms with Crippen LogP contribution in [0.3, 0.4) is 0 Å². The Morgan fingerprint density at radius 1 is 1.27 bits per heavy atom. The lowest BCUT2D eigenvalue weighted by Gasteiger charge is -2.03. The minimum Gasteiger partial charge on any atom is -0.382 e. The van der Waals surface area contributed by atoms with Gasteiger partial charge in [-0.2, -0.15) is 5.10 Å². The maximum absolute atomic E-state index is 5.62. The van der Waals surface area contributed by atoms with E-state index < -0.39 is 0 Å². The van der Waals surface area contributed by atoms with Crippen molar-refractivity contribution in [2.24, 2.45) is 0 Å². The van der Waals surface area contributed by atoms with E-state index in [0.717, 1.165) is 18.7 Å². The first-order valence-corrected chi connectivity index (χ1v) is 5.09. The Hall–Kier alpha value is -1.77. The van der Waals surface area contributed by atoms with Gasteiger partial charge in [-0.3, -0.25) is 4.68 Å². The van der Waals surface area contributed by atoms with Crippen molar-refractivity contribution in [2.45, 2.75) is 19.9 Å². The average molecular weight is 201 g/mol. The summed E-state index contributed by atoms with van der Waals surface area (Å²) in [5, 5.41) is 4.22. The van der Waals surface area contributed by atoms with E-state index >= 15 is 0 Å². The summed E-state index contributed by atoms with van der Waals surface area (Å²) in [5.41, 5.74) is 8.06. The number of rotatable bonds is 3. The second-order valence-corrected chi connectivity index (χ2v) is 3.67. The number of nitrogens with two attached hydrogens (primary N) is 1. The molecule has 0 atom stereocenters. The minimum absolute atomic E-state index is 0.598. The molecule has 0 saturated heterocycles. The molecule has 0 aliphatic heterocycles. The van der Waals surface area contributed by atoms with Crippen LogP contribution in [0.15, 0.2) is 36.4 Å². The van der Waals surface area contributed by atoms with Crippen LogP contribution in [0.1, 0.15) is 11.3 Å². The van der Waals surface area contributed by atoms with E-state index in [4.69, 9.17) is 5.73 Å². The number of anilines is 1. The molecule has 0 amide bonds. The van der Waals surface area contributed by atoms with Gasteiger partial charge in [0.15, 0.2) is 0 Å². The molecule has 0 saturated carbocycles. The van der Waals surface area contributed by atoms with Crippen LogP contribution in [0.5, 0.6) is 0 Å². The van der Waals surface area contributed by atoms with E-state index in [2.05, 4.69) is 29.4 Å². The summed E-state index contributed by atoms with van der Waals surface area (Å²) in [6, 6.07) is 12.3. The van der Waals surface area contributed by atoms with Crippen LogP contribution in [0.2, 0.25) is 0 Å². The fraction of sp³-hybridized carbons (Fsp3) is 0.250. The smallest absolute Gasteiger partial charge is 0.145 e. The second kappa shape index (κ2) is 4.17. The molecule has 1 aromatic heterocycles. The van der Waals surface area contributed by atoms with Crippen LogP contribution in [-0.2, 0) is 13.0 Å². The predicted molar refractivity (Wildman–Crippen MR) is 61.5 cm³/mol. The Labute approximate surface area is 89.5 Å². The molecule has 1 aromatic carbocycles. The van der Waals surface area contributed by atoms with Crippen LogP contribution in [0.25, 0.3) is 0 Å². The van der Waals surface area contributed by atoms with E-state index in [1.54, 1.807) is 0 Å². The largest absolute Gasteiger partial charge is 0.382 e. The van der Waals surface area contributed by atoms with E-state index in [1.165, 1.54) is 5.56 Å². The zero-order valence-electron chi connectivity index (χ0n) is 8.85. The van der Waals surface area contributed by atoms with Gasteiger partial charge < -0.3 is 5.73 Å². The SMILES string of the molecule is Cc1cc(N)nn1CCc1ccccc1. The first kappa shape index (κ1) is 9.77. The van der Waals surface area contributed by atoms with Crippen LogP contribution in [-0.4, -0.2) is 9.78 Å². The second-order valence-electron chi connectivity index (χ2n) is 3.67. The van der Waals surface area contributed by atoms with Crippen molar-refractivity contribution >= 4 is 5.82 Å². The molecular weight excluding hydrogens is 186 g/mol. The minimum atomic E-state index is 0.598. The maximum Gasteiger partial charge on any atom is 0.145 e. The molecule has 78 valence electrons. The van der Waals surface area contributed by atoms with Gasteiger partial charge in [0.2, 0.25) is 0 Å². The number of nitrogens with zero attached hydrogens (tertiary/aromatic N) is 2. The molecule has 3 heteroatoms. The van der Waals surface area contributed by atoms with E-state index in [0.29, 0.717) is 5.82 Å². The van der Waals surface area contributed by atoms with Gasteiger partial charge in [-0.05, 0) is 18.9 Å². The van der Waals surface area contributed by atoms with Crippen LogP contribution < -0.4 is 5.73 Å². The van der Waals surface area contributed by atoms with Crippen LogP contribution >= 0.6 is 0 Å². The van der Waals surface area contributed by atoms with Crippen molar-refractivity contribution < 1.29 is 0 Å². The van der Waals surface area contributed by atoms with Crippen molar-refractivity contribution in [3.8, 4) is 0 Å². The normalized spacial score (nSPS) is 10.5. The van der Waals surface area contributed by atoms with Crippen molar-refractivity contribution in [1.82, 2.24) is 9.78 Å². The Bertz CT molecular complexity index is 431. The van der Waals surface area contributed by atoms with Crippen molar-refractivity contribution in [2.75, 3.05) is 5.73 Å². The summed E-state index contributed by atoms with van der Waals surface area (Å²) < 4.78 is 1.95. The fourth-order valence-electron chi connectivity index (χ4n) is 1.64. The number of aryl methyl sites for hydroxylation is 3. The van der Waals surface area contributed by atoms with E-state index in [-0.39, 0.29) is 0 Å². The lowest BCUT2D eigenvalue weighted by Crippen LogP contribution is -2.05. The van der Waals surface area contributed by atoms with Gasteiger partial charge in [-0.15, -0.1) is 0 Å². The lowest BCUT2D eigenvalue weighted by molar-refractivity contribution is 0.600. The average Bonchev–Trinajstić information content (AvgIpc) is 2.56. The molecule has 2 rings (SSSR count). The van der Waals surface area contributed by atoms with Gasteiger partial charge >= 0.3 is 0 Å². The Kier molecular flexibility index (Phi) is 2.72. The Morgan fingerprint density at radius 3 is 2.60 bits per heavy atom. The zero-order chi connectivity index (χ0) is 10.7. The summed E-state index contributed by atoms with van der Waals surface area (Å²) in [6.45, 7) is 2.90. The molecule has 0 spiro atoms. The van der Waals surface area contributed by atoms with Gasteiger partial charge in [0.25, 0.3) is 0 Å². The molecular formula is C12H15N3. The number of hydrogen-bond donors (Lipinski definition) is 1. The third kappa shape index (κ3) is 2.37. The number of aromatic nitrogens is 2. The third-order valence-corrected chi connectivity index (χ3v) is 2.46. The molecule has 15 heavy (non-hydrogen) atoms. The Balaban J connectivity index is 2.02. The van der Waals surface area contributed by atoms with Crippen molar-refractivity contribution in [3.05, 3.63) is 47.7 Å². The summed E-state index contributed by atoms with van der Waals surface area (Å²) in [7, 11) is 0. The highest BCUT2D eigenvalue weighted by atomic mass is 15.3. The quantitative estimate of drug-likeness (QED) is 0.825. The molecule has 1 heterocycles. The molecule has 2 N–H and O–H groups in total. The van der Waals surface area contributed by atoms with Gasteiger partial charge in [-0.1, -0.05) is 30.3 Å². The first-order valence-electron chi connectivity index (χ1n) is 5.09. The fourth-order valence-corrected chi connectivity index (χ4v) is 1.64. The number of benzene rings is 1. The molecule has 0 aliphatic rings. The summed E-state index contributed by atoms with van der Waals surface area (Å²) in [4.78, 5) is 0. The topological polar surface area (TPSA) is 43.8 Å². The van der Waals surface area contributed by atoms with Crippen molar-refractivity contribution in [3.63, 3.8) is 0 Å². The summed E-state index contributed by atoms with van der Waals surface area (Å²) >= 11 is 0. The molecule has 0 fully saturated rings. The molecule has 0 bridgehead atoms. The standard InChI is InChI=1S/C12H15N3/c1-10-9-12(13)14-15(10)8-7-11-5-3-2-4-6-11/h2-6,9H,7-8H2,1H3,(H2,13,14). The summed E-state index contributed by atoms with van der Waals surface area (Å²) in [5.74, 6) is 0.598. The molecule has 0 radical (unpaired) electrons. The highest BCUT2D eigenvalue weighted by Gasteiger charge is 2.00. The lowest BCUT2D eigenvalue weighted by atomic mass is 10.1. The summed E-state index contributed by atoms with van der Waals surface area (Å²) in [6.07, 6.45) is 0.989. The third-order valence-electron chi connectivity index (χ3n) is 2.46. The van der Waals surface area contributed by atoms with Crippen LogP contribution in [0, 0.1) is 6.92 Å². The van der Waals surface area contributed by atoms with E-state index in [9.17, 15) is 0 Å². The van der Waals surface area contributed by atoms with Gasteiger partial charge in [0.05, 0.1) is 0 Å². The highest BCUT2D eigenvalue weighted by molar-refractivity contribution is 5.28. The molecule has 2 aromatic rings. The molecule has 0 aliphatic carbocycles. The predicted octanol–water partition coefficient (Wildman–Crippen LogP) is 2.02. The van der Waals surface area contributed by atoms with Gasteiger partial charge in [0, 0.05) is 18.3 Å². The number of nitrogen functional groups attached to an aromatic ring is 1. The van der Waals surface area contributed by atoms with Crippen LogP contribution in [0.4, 0.5) is 5.82 Å². The number of hydrogen-bond acceptors (Lipinski definition) is 2. The Morgan fingerprint density at radius 2 is 2.00 bits per heavy atom. The maximum atomic E-state index is 5.62. The van der Waals surface area contributed by atoms with Gasteiger partial charge in [-0.25, -0.2) is 0 Å². The van der Waals surface area contributed by atoms with E-state index in [1.807, 2.05) is 23.7 Å². The first-order chi connectivity index (χ1) is 7.25. The van der Waals surface area contributed by atoms with Crippen molar-refractivity contribution in [1.29, 1.82) is 0 Å². The molecule has 0 unspecified atom stereocenters. The monoisotopic (exact) mass is 201 g/mol. The zero-order valence-corrected chi connectivity index (χ0v) is 8.85.